The number of rotatable bonds is 4. The van der Waals surface area contributed by atoms with E-state index in [1.54, 1.807) is 7.11 Å². The Morgan fingerprint density at radius 1 is 1.15 bits per heavy atom. The molecule has 1 spiro atoms. The van der Waals surface area contributed by atoms with E-state index >= 15 is 0 Å². The Bertz CT molecular complexity index is 676. The smallest absolute Gasteiger partial charge is 0.321 e. The van der Waals surface area contributed by atoms with Crippen molar-refractivity contribution in [2.75, 3.05) is 45.2 Å². The van der Waals surface area contributed by atoms with E-state index < -0.39 is 0 Å². The molecule has 0 saturated carbocycles. The largest absolute Gasteiger partial charge is 0.383 e. The Labute approximate surface area is 161 Å². The standard InChI is InChI=1S/C21H31N3O3/c1-16-12-17(2)14-18(13-16)22-20(26)23-8-6-21(7-9-23)5-4-19(25)24(15-21)10-11-27-3/h12-14H,4-11,15H2,1-3H3,(H,22,26). The zero-order valence-corrected chi connectivity index (χ0v) is 16.7. The molecule has 27 heavy (non-hydrogen) atoms. The molecule has 6 nitrogen and oxygen atoms in total. The molecule has 148 valence electrons. The number of amides is 3. The summed E-state index contributed by atoms with van der Waals surface area (Å²) in [6.07, 6.45) is 3.44. The van der Waals surface area contributed by atoms with Crippen LogP contribution in [0.1, 0.15) is 36.8 Å². The van der Waals surface area contributed by atoms with Crippen molar-refractivity contribution >= 4 is 17.6 Å². The second-order valence-electron chi connectivity index (χ2n) is 8.10. The molecule has 2 saturated heterocycles. The first-order valence-corrected chi connectivity index (χ1v) is 9.82. The molecule has 2 heterocycles. The van der Waals surface area contributed by atoms with Gasteiger partial charge in [0, 0.05) is 45.4 Å². The van der Waals surface area contributed by atoms with Crippen LogP contribution in [0.25, 0.3) is 0 Å². The van der Waals surface area contributed by atoms with Crippen LogP contribution in [0.2, 0.25) is 0 Å². The van der Waals surface area contributed by atoms with Gasteiger partial charge < -0.3 is 19.9 Å². The van der Waals surface area contributed by atoms with Crippen LogP contribution in [0.3, 0.4) is 0 Å². The predicted molar refractivity (Wildman–Crippen MR) is 106 cm³/mol. The number of carbonyl (C=O) groups excluding carboxylic acids is 2. The molecule has 0 bridgehead atoms. The van der Waals surface area contributed by atoms with Gasteiger partial charge in [0.25, 0.3) is 0 Å². The number of ether oxygens (including phenoxy) is 1. The average Bonchev–Trinajstić information content (AvgIpc) is 2.62. The molecule has 0 unspecified atom stereocenters. The maximum Gasteiger partial charge on any atom is 0.321 e. The van der Waals surface area contributed by atoms with Crippen molar-refractivity contribution in [2.45, 2.75) is 39.5 Å². The first-order valence-electron chi connectivity index (χ1n) is 9.82. The van der Waals surface area contributed by atoms with Gasteiger partial charge in [0.05, 0.1) is 6.61 Å². The van der Waals surface area contributed by atoms with E-state index in [0.29, 0.717) is 19.6 Å². The molecule has 0 atom stereocenters. The molecule has 0 radical (unpaired) electrons. The van der Waals surface area contributed by atoms with Crippen molar-refractivity contribution in [1.82, 2.24) is 9.80 Å². The van der Waals surface area contributed by atoms with Gasteiger partial charge in [0.2, 0.25) is 5.91 Å². The van der Waals surface area contributed by atoms with Gasteiger partial charge in [0.15, 0.2) is 0 Å². The van der Waals surface area contributed by atoms with Gasteiger partial charge in [-0.2, -0.15) is 0 Å². The summed E-state index contributed by atoms with van der Waals surface area (Å²) >= 11 is 0. The van der Waals surface area contributed by atoms with Crippen LogP contribution in [0.5, 0.6) is 0 Å². The maximum absolute atomic E-state index is 12.7. The number of hydrogen-bond acceptors (Lipinski definition) is 3. The van der Waals surface area contributed by atoms with E-state index in [0.717, 1.165) is 55.7 Å². The molecule has 0 aromatic heterocycles. The van der Waals surface area contributed by atoms with Crippen LogP contribution in [-0.4, -0.2) is 61.6 Å². The van der Waals surface area contributed by atoms with Gasteiger partial charge in [-0.1, -0.05) is 6.07 Å². The lowest BCUT2D eigenvalue weighted by atomic mass is 9.72. The molecule has 1 aromatic carbocycles. The average molecular weight is 373 g/mol. The number of likely N-dealkylation sites (tertiary alicyclic amines) is 2. The SMILES string of the molecule is COCCN1CC2(CCC1=O)CCN(C(=O)Nc1cc(C)cc(C)c1)CC2. The van der Waals surface area contributed by atoms with Gasteiger partial charge in [-0.15, -0.1) is 0 Å². The summed E-state index contributed by atoms with van der Waals surface area (Å²) in [4.78, 5) is 28.6. The Kier molecular flexibility index (Phi) is 6.05. The number of methoxy groups -OCH3 is 1. The number of piperidine rings is 2. The fraction of sp³-hybridized carbons (Fsp3) is 0.619. The van der Waals surface area contributed by atoms with Gasteiger partial charge in [-0.05, 0) is 61.8 Å². The van der Waals surface area contributed by atoms with E-state index in [2.05, 4.69) is 11.4 Å². The van der Waals surface area contributed by atoms with Crippen molar-refractivity contribution in [2.24, 2.45) is 5.41 Å². The second-order valence-corrected chi connectivity index (χ2v) is 8.10. The Morgan fingerprint density at radius 3 is 2.44 bits per heavy atom. The number of carbonyl (C=O) groups is 2. The second kappa shape index (κ2) is 8.30. The van der Waals surface area contributed by atoms with E-state index in [9.17, 15) is 9.59 Å². The predicted octanol–water partition coefficient (Wildman–Crippen LogP) is 3.19. The fourth-order valence-corrected chi connectivity index (χ4v) is 4.35. The van der Waals surface area contributed by atoms with Crippen molar-refractivity contribution in [3.8, 4) is 0 Å². The van der Waals surface area contributed by atoms with Gasteiger partial charge >= 0.3 is 6.03 Å². The van der Waals surface area contributed by atoms with E-state index in [-0.39, 0.29) is 17.4 Å². The molecule has 2 aliphatic rings. The number of benzene rings is 1. The molecule has 2 fully saturated rings. The minimum Gasteiger partial charge on any atom is -0.383 e. The summed E-state index contributed by atoms with van der Waals surface area (Å²) in [7, 11) is 1.66. The lowest BCUT2D eigenvalue weighted by Crippen LogP contribution is -2.53. The number of nitrogens with zero attached hydrogens (tertiary/aromatic N) is 2. The highest BCUT2D eigenvalue weighted by Gasteiger charge is 2.41. The first-order chi connectivity index (χ1) is 12.9. The third-order valence-electron chi connectivity index (χ3n) is 5.90. The summed E-state index contributed by atoms with van der Waals surface area (Å²) in [5, 5.41) is 3.03. The third kappa shape index (κ3) is 4.80. The highest BCUT2D eigenvalue weighted by atomic mass is 16.5. The zero-order chi connectivity index (χ0) is 19.4. The minimum atomic E-state index is -0.0297. The molecule has 1 aromatic rings. The number of hydrogen-bond donors (Lipinski definition) is 1. The Hall–Kier alpha value is -2.08. The van der Waals surface area contributed by atoms with Crippen molar-refractivity contribution in [3.05, 3.63) is 29.3 Å². The van der Waals surface area contributed by atoms with Crippen LogP contribution in [0, 0.1) is 19.3 Å². The molecular weight excluding hydrogens is 342 g/mol. The van der Waals surface area contributed by atoms with Gasteiger partial charge in [-0.3, -0.25) is 4.79 Å². The van der Waals surface area contributed by atoms with Gasteiger partial charge in [0.1, 0.15) is 0 Å². The highest BCUT2D eigenvalue weighted by molar-refractivity contribution is 5.89. The first kappa shape index (κ1) is 19.7. The number of urea groups is 1. The van der Waals surface area contributed by atoms with E-state index in [4.69, 9.17) is 4.74 Å². The molecule has 3 amide bonds. The van der Waals surface area contributed by atoms with Crippen LogP contribution in [0.4, 0.5) is 10.5 Å². The summed E-state index contributed by atoms with van der Waals surface area (Å²) in [5.74, 6) is 0.229. The summed E-state index contributed by atoms with van der Waals surface area (Å²) in [6.45, 7) is 7.58. The van der Waals surface area contributed by atoms with E-state index in [1.165, 1.54) is 0 Å². The van der Waals surface area contributed by atoms with Crippen LogP contribution >= 0.6 is 0 Å². The van der Waals surface area contributed by atoms with Crippen LogP contribution in [0.15, 0.2) is 18.2 Å². The fourth-order valence-electron chi connectivity index (χ4n) is 4.35. The molecule has 2 aliphatic heterocycles. The third-order valence-corrected chi connectivity index (χ3v) is 5.90. The van der Waals surface area contributed by atoms with E-state index in [1.807, 2.05) is 35.8 Å². The van der Waals surface area contributed by atoms with Crippen molar-refractivity contribution in [1.29, 1.82) is 0 Å². The quantitative estimate of drug-likeness (QED) is 0.882. The summed E-state index contributed by atoms with van der Waals surface area (Å²) in [6, 6.07) is 6.06. The Morgan fingerprint density at radius 2 is 1.81 bits per heavy atom. The Balaban J connectivity index is 1.56. The highest BCUT2D eigenvalue weighted by Crippen LogP contribution is 2.40. The lowest BCUT2D eigenvalue weighted by molar-refractivity contribution is -0.139. The van der Waals surface area contributed by atoms with Crippen molar-refractivity contribution in [3.63, 3.8) is 0 Å². The monoisotopic (exact) mass is 373 g/mol. The lowest BCUT2D eigenvalue weighted by Gasteiger charge is -2.47. The van der Waals surface area contributed by atoms with Crippen LogP contribution < -0.4 is 5.32 Å². The summed E-state index contributed by atoms with van der Waals surface area (Å²) in [5.41, 5.74) is 3.29. The van der Waals surface area contributed by atoms with Gasteiger partial charge in [-0.25, -0.2) is 4.79 Å². The minimum absolute atomic E-state index is 0.0297. The molecule has 3 rings (SSSR count). The molecular formula is C21H31N3O3. The number of aryl methyl sites for hydroxylation is 2. The van der Waals surface area contributed by atoms with Crippen molar-refractivity contribution < 1.29 is 14.3 Å². The van der Waals surface area contributed by atoms with Crippen LogP contribution in [-0.2, 0) is 9.53 Å². The number of nitrogens with one attached hydrogen (secondary N) is 1. The zero-order valence-electron chi connectivity index (χ0n) is 16.7. The summed E-state index contributed by atoms with van der Waals surface area (Å²) < 4.78 is 5.14. The normalized spacial score (nSPS) is 19.4. The maximum atomic E-state index is 12.7. The molecule has 0 aliphatic carbocycles. The number of anilines is 1. The molecule has 6 heteroatoms. The topological polar surface area (TPSA) is 61.9 Å². The molecule has 1 N–H and O–H groups in total.